The van der Waals surface area contributed by atoms with E-state index in [4.69, 9.17) is 0 Å². The highest BCUT2D eigenvalue weighted by molar-refractivity contribution is 7.09. The standard InChI is InChI=1S/C7H7N3O2S/c1-4-8-5(3-13-4)6-7(11)12-9-10(6)2/h3H,1-2H3/p+1. The van der Waals surface area contributed by atoms with Gasteiger partial charge < -0.3 is 0 Å². The second kappa shape index (κ2) is 2.81. The number of hydrogen-bond acceptors (Lipinski definition) is 4. The Morgan fingerprint density at radius 1 is 1.69 bits per heavy atom. The van der Waals surface area contributed by atoms with Gasteiger partial charge in [-0.25, -0.2) is 9.78 Å². The maximum Gasteiger partial charge on any atom is 0.436 e. The van der Waals surface area contributed by atoms with Crippen molar-refractivity contribution in [2.75, 3.05) is 0 Å². The van der Waals surface area contributed by atoms with Crippen molar-refractivity contribution in [1.29, 1.82) is 0 Å². The molecule has 0 bridgehead atoms. The van der Waals surface area contributed by atoms with Crippen molar-refractivity contribution < 1.29 is 9.20 Å². The van der Waals surface area contributed by atoms with E-state index in [0.717, 1.165) is 5.01 Å². The van der Waals surface area contributed by atoms with Crippen LogP contribution in [0, 0.1) is 6.92 Å². The lowest BCUT2D eigenvalue weighted by Crippen LogP contribution is -2.33. The Morgan fingerprint density at radius 2 is 2.46 bits per heavy atom. The van der Waals surface area contributed by atoms with Crippen LogP contribution in [0.2, 0.25) is 0 Å². The molecular formula is C7H8N3O2S+. The molecule has 68 valence electrons. The minimum Gasteiger partial charge on any atom is -0.283 e. The second-order valence-electron chi connectivity index (χ2n) is 2.64. The number of thiazole rings is 1. The fourth-order valence-electron chi connectivity index (χ4n) is 1.09. The summed E-state index contributed by atoms with van der Waals surface area (Å²) in [5, 5.41) is 5.19. The molecule has 2 aromatic rings. The monoisotopic (exact) mass is 198 g/mol. The second-order valence-corrected chi connectivity index (χ2v) is 3.70. The molecule has 0 saturated carbocycles. The van der Waals surface area contributed by atoms with Gasteiger partial charge in [0.1, 0.15) is 0 Å². The summed E-state index contributed by atoms with van der Waals surface area (Å²) >= 11 is 1.50. The summed E-state index contributed by atoms with van der Waals surface area (Å²) in [7, 11) is 1.70. The van der Waals surface area contributed by atoms with Gasteiger partial charge in [-0.1, -0.05) is 4.68 Å². The van der Waals surface area contributed by atoms with Gasteiger partial charge in [0.05, 0.1) is 5.01 Å². The van der Waals surface area contributed by atoms with Crippen molar-refractivity contribution in [3.8, 4) is 11.4 Å². The van der Waals surface area contributed by atoms with Gasteiger partial charge in [0, 0.05) is 5.38 Å². The van der Waals surface area contributed by atoms with E-state index in [0.29, 0.717) is 11.4 Å². The molecule has 6 heteroatoms. The highest BCUT2D eigenvalue weighted by atomic mass is 32.1. The minimum atomic E-state index is -0.396. The predicted molar refractivity (Wildman–Crippen MR) is 46.3 cm³/mol. The number of hydrogen-bond donors (Lipinski definition) is 1. The van der Waals surface area contributed by atoms with Gasteiger partial charge >= 0.3 is 11.3 Å². The first-order valence-corrected chi connectivity index (χ1v) is 4.56. The fourth-order valence-corrected chi connectivity index (χ4v) is 1.69. The first-order valence-electron chi connectivity index (χ1n) is 3.68. The Balaban J connectivity index is 2.64. The van der Waals surface area contributed by atoms with Crippen molar-refractivity contribution >= 4 is 11.3 Å². The molecule has 2 rings (SSSR count). The lowest BCUT2D eigenvalue weighted by Gasteiger charge is -1.80. The van der Waals surface area contributed by atoms with Crippen molar-refractivity contribution in [1.82, 2.24) is 10.3 Å². The Bertz CT molecular complexity index is 482. The summed E-state index contributed by atoms with van der Waals surface area (Å²) in [6.07, 6.45) is 0. The van der Waals surface area contributed by atoms with E-state index in [1.807, 2.05) is 12.3 Å². The molecule has 2 heterocycles. The Hall–Kier alpha value is -1.43. The summed E-state index contributed by atoms with van der Waals surface area (Å²) < 4.78 is 6.12. The zero-order valence-electron chi connectivity index (χ0n) is 7.20. The van der Waals surface area contributed by atoms with Crippen LogP contribution >= 0.6 is 11.3 Å². The molecule has 0 aromatic carbocycles. The molecule has 0 spiro atoms. The van der Waals surface area contributed by atoms with Crippen LogP contribution in [0.15, 0.2) is 14.7 Å². The topological polar surface area (TPSA) is 62.8 Å². The van der Waals surface area contributed by atoms with Crippen LogP contribution in [-0.2, 0) is 7.05 Å². The lowest BCUT2D eigenvalue weighted by atomic mass is 10.4. The molecule has 0 atom stereocenters. The molecular weight excluding hydrogens is 190 g/mol. The maximum atomic E-state index is 11.2. The minimum absolute atomic E-state index is 0.396. The van der Waals surface area contributed by atoms with Crippen LogP contribution in [0.5, 0.6) is 0 Å². The predicted octanol–water partition coefficient (Wildman–Crippen LogP) is 0.224. The largest absolute Gasteiger partial charge is 0.436 e. The third kappa shape index (κ3) is 1.29. The summed E-state index contributed by atoms with van der Waals surface area (Å²) in [4.78, 5) is 15.4. The van der Waals surface area contributed by atoms with Crippen molar-refractivity contribution in [2.45, 2.75) is 6.92 Å². The third-order valence-electron chi connectivity index (χ3n) is 1.67. The van der Waals surface area contributed by atoms with Crippen LogP contribution in [0.1, 0.15) is 5.01 Å². The first kappa shape index (κ1) is 8.18. The van der Waals surface area contributed by atoms with Gasteiger partial charge in [0.25, 0.3) is 0 Å². The highest BCUT2D eigenvalue weighted by Crippen LogP contribution is 2.14. The van der Waals surface area contributed by atoms with Gasteiger partial charge in [-0.3, -0.25) is 4.52 Å². The highest BCUT2D eigenvalue weighted by Gasteiger charge is 2.21. The molecule has 0 amide bonds. The maximum absolute atomic E-state index is 11.2. The zero-order chi connectivity index (χ0) is 9.42. The molecule has 0 aliphatic carbocycles. The quantitative estimate of drug-likeness (QED) is 0.667. The van der Waals surface area contributed by atoms with Gasteiger partial charge in [0.15, 0.2) is 12.7 Å². The van der Waals surface area contributed by atoms with E-state index in [9.17, 15) is 4.79 Å². The molecule has 0 aliphatic heterocycles. The molecule has 0 aliphatic rings. The van der Waals surface area contributed by atoms with E-state index in [-0.39, 0.29) is 0 Å². The van der Waals surface area contributed by atoms with Gasteiger partial charge in [-0.15, -0.1) is 11.3 Å². The number of nitrogens with zero attached hydrogens (tertiary/aromatic N) is 2. The van der Waals surface area contributed by atoms with E-state index in [1.165, 1.54) is 16.0 Å². The first-order chi connectivity index (χ1) is 6.18. The number of rotatable bonds is 1. The third-order valence-corrected chi connectivity index (χ3v) is 2.44. The molecule has 0 unspecified atom stereocenters. The zero-order valence-corrected chi connectivity index (χ0v) is 8.01. The number of aromatic nitrogens is 3. The number of aromatic amines is 1. The van der Waals surface area contributed by atoms with Gasteiger partial charge in [-0.05, 0) is 12.2 Å². The van der Waals surface area contributed by atoms with Crippen LogP contribution in [0.3, 0.4) is 0 Å². The van der Waals surface area contributed by atoms with Crippen molar-refractivity contribution in [2.24, 2.45) is 7.05 Å². The summed E-state index contributed by atoms with van der Waals surface area (Å²) in [5.41, 5.74) is 0.706. The Morgan fingerprint density at radius 3 is 2.92 bits per heavy atom. The van der Waals surface area contributed by atoms with Gasteiger partial charge in [0.2, 0.25) is 0 Å². The lowest BCUT2D eigenvalue weighted by molar-refractivity contribution is -0.730. The van der Waals surface area contributed by atoms with Gasteiger partial charge in [-0.2, -0.15) is 0 Å². The Labute approximate surface area is 77.6 Å². The van der Waals surface area contributed by atoms with Crippen LogP contribution in [-0.4, -0.2) is 10.3 Å². The average molecular weight is 198 g/mol. The smallest absolute Gasteiger partial charge is 0.283 e. The van der Waals surface area contributed by atoms with E-state index >= 15 is 0 Å². The normalized spacial score (nSPS) is 10.6. The van der Waals surface area contributed by atoms with Crippen molar-refractivity contribution in [3.05, 3.63) is 20.8 Å². The molecule has 0 radical (unpaired) electrons. The van der Waals surface area contributed by atoms with Crippen LogP contribution in [0.25, 0.3) is 11.4 Å². The summed E-state index contributed by atoms with van der Waals surface area (Å²) in [6.45, 7) is 1.89. The number of nitrogens with one attached hydrogen (secondary N) is 1. The molecule has 13 heavy (non-hydrogen) atoms. The fraction of sp³-hybridized carbons (Fsp3) is 0.286. The summed E-state index contributed by atoms with van der Waals surface area (Å²) in [5.74, 6) is 0. The molecule has 0 fully saturated rings. The van der Waals surface area contributed by atoms with Crippen molar-refractivity contribution in [3.63, 3.8) is 0 Å². The molecule has 1 N–H and O–H groups in total. The average Bonchev–Trinajstić information content (AvgIpc) is 2.60. The van der Waals surface area contributed by atoms with E-state index < -0.39 is 5.63 Å². The SMILES string of the molecule is Cc1nc(-c2c(=O)o[nH][n+]2C)cs1. The van der Waals surface area contributed by atoms with E-state index in [1.54, 1.807) is 7.05 Å². The molecule has 2 aromatic heterocycles. The number of H-pyrrole nitrogens is 1. The van der Waals surface area contributed by atoms with Crippen LogP contribution < -0.4 is 10.3 Å². The van der Waals surface area contributed by atoms with Crippen LogP contribution in [0.4, 0.5) is 0 Å². The molecule has 5 nitrogen and oxygen atoms in total. The Kier molecular flexibility index (Phi) is 1.77. The summed E-state index contributed by atoms with van der Waals surface area (Å²) in [6, 6.07) is 0. The molecule has 0 saturated heterocycles. The number of aryl methyl sites for hydroxylation is 2. The van der Waals surface area contributed by atoms with E-state index in [2.05, 4.69) is 14.8 Å².